The summed E-state index contributed by atoms with van der Waals surface area (Å²) in [5, 5.41) is 12.7. The summed E-state index contributed by atoms with van der Waals surface area (Å²) < 4.78 is 1.84. The number of nitrogens with one attached hydrogen (secondary N) is 1. The number of hydrogen-bond donors (Lipinski definition) is 1. The Labute approximate surface area is 196 Å². The number of carbonyl (C=O) groups is 1. The molecule has 0 radical (unpaired) electrons. The van der Waals surface area contributed by atoms with Crippen molar-refractivity contribution in [3.8, 4) is 16.9 Å². The molecule has 0 aliphatic rings. The second kappa shape index (κ2) is 9.15. The van der Waals surface area contributed by atoms with E-state index in [0.717, 1.165) is 22.5 Å². The van der Waals surface area contributed by atoms with Crippen molar-refractivity contribution in [2.45, 2.75) is 13.0 Å². The lowest BCUT2D eigenvalue weighted by Crippen LogP contribution is -2.28. The molecule has 0 saturated carbocycles. The third-order valence-corrected chi connectivity index (χ3v) is 5.78. The van der Waals surface area contributed by atoms with Gasteiger partial charge < -0.3 is 4.90 Å². The van der Waals surface area contributed by atoms with Crippen molar-refractivity contribution in [1.29, 1.82) is 0 Å². The molecule has 0 unspecified atom stereocenters. The molecule has 0 spiro atoms. The Morgan fingerprint density at radius 1 is 0.912 bits per heavy atom. The van der Waals surface area contributed by atoms with E-state index in [0.29, 0.717) is 23.0 Å². The molecular formula is C27H23N5O2. The molecule has 1 N–H and O–H groups in total. The van der Waals surface area contributed by atoms with Crippen LogP contribution in [-0.4, -0.2) is 37.8 Å². The number of likely N-dealkylation sites (N-methyl/N-ethyl adjacent to an activating group) is 1. The van der Waals surface area contributed by atoms with Crippen molar-refractivity contribution in [1.82, 2.24) is 24.9 Å². The Morgan fingerprint density at radius 2 is 1.56 bits per heavy atom. The van der Waals surface area contributed by atoms with E-state index in [9.17, 15) is 9.59 Å². The summed E-state index contributed by atoms with van der Waals surface area (Å²) in [6.07, 6.45) is 2.05. The first-order chi connectivity index (χ1) is 16.6. The lowest BCUT2D eigenvalue weighted by Gasteiger charge is -2.17. The number of amides is 1. The van der Waals surface area contributed by atoms with Gasteiger partial charge in [-0.25, -0.2) is 9.78 Å². The quantitative estimate of drug-likeness (QED) is 0.425. The highest BCUT2D eigenvalue weighted by Crippen LogP contribution is 2.25. The minimum Gasteiger partial charge on any atom is -0.341 e. The lowest BCUT2D eigenvalue weighted by molar-refractivity contribution is -0.129. The van der Waals surface area contributed by atoms with E-state index in [2.05, 4.69) is 10.2 Å². The normalized spacial score (nSPS) is 11.0. The molecule has 0 aliphatic carbocycles. The lowest BCUT2D eigenvalue weighted by atomic mass is 10.1. The Bertz CT molecular complexity index is 1510. The van der Waals surface area contributed by atoms with Crippen LogP contribution in [0.4, 0.5) is 0 Å². The third kappa shape index (κ3) is 4.23. The molecule has 0 aliphatic heterocycles. The van der Waals surface area contributed by atoms with Crippen LogP contribution in [0.3, 0.4) is 0 Å². The summed E-state index contributed by atoms with van der Waals surface area (Å²) in [4.78, 5) is 26.9. The fraction of sp³-hybridized carbons (Fsp3) is 0.111. The number of benzene rings is 3. The largest absolute Gasteiger partial charge is 0.341 e. The summed E-state index contributed by atoms with van der Waals surface area (Å²) >= 11 is 0. The summed E-state index contributed by atoms with van der Waals surface area (Å²) in [7, 11) is 1.77. The van der Waals surface area contributed by atoms with Gasteiger partial charge in [-0.15, -0.1) is 0 Å². The fourth-order valence-corrected chi connectivity index (χ4v) is 4.01. The average Bonchev–Trinajstić information content (AvgIpc) is 3.30. The Balaban J connectivity index is 1.44. The molecule has 0 saturated heterocycles. The first-order valence-corrected chi connectivity index (χ1v) is 11.0. The fourth-order valence-electron chi connectivity index (χ4n) is 4.01. The van der Waals surface area contributed by atoms with Gasteiger partial charge in [0.05, 0.1) is 28.9 Å². The smallest absolute Gasteiger partial charge is 0.272 e. The van der Waals surface area contributed by atoms with Crippen molar-refractivity contribution in [2.75, 3.05) is 7.05 Å². The molecule has 0 fully saturated rings. The summed E-state index contributed by atoms with van der Waals surface area (Å²) in [5.41, 5.74) is 3.99. The predicted molar refractivity (Wildman–Crippen MR) is 132 cm³/mol. The molecular weight excluding hydrogens is 426 g/mol. The summed E-state index contributed by atoms with van der Waals surface area (Å²) in [6, 6.07) is 27.0. The molecule has 1 amide bonds. The number of hydrogen-bond acceptors (Lipinski definition) is 4. The van der Waals surface area contributed by atoms with E-state index in [-0.39, 0.29) is 17.9 Å². The van der Waals surface area contributed by atoms with E-state index in [4.69, 9.17) is 5.10 Å². The standard InChI is InChI=1S/C27H23N5O2/c1-31(25(33)16-24-22-14-8-9-15-23(22)27(34)29-28-24)17-20-18-32(21-12-6-3-7-13-21)30-26(20)19-10-4-2-5-11-19/h2-15,18H,16-17H2,1H3,(H,29,34). The molecule has 7 heteroatoms. The van der Waals surface area contributed by atoms with Crippen molar-refractivity contribution in [3.63, 3.8) is 0 Å². The highest BCUT2D eigenvalue weighted by atomic mass is 16.2. The van der Waals surface area contributed by atoms with Crippen LogP contribution >= 0.6 is 0 Å². The van der Waals surface area contributed by atoms with Gasteiger partial charge in [-0.2, -0.15) is 10.2 Å². The van der Waals surface area contributed by atoms with Crippen LogP contribution < -0.4 is 5.56 Å². The molecule has 7 nitrogen and oxygen atoms in total. The van der Waals surface area contributed by atoms with Gasteiger partial charge in [0.25, 0.3) is 5.56 Å². The van der Waals surface area contributed by atoms with Gasteiger partial charge in [0.2, 0.25) is 5.91 Å². The van der Waals surface area contributed by atoms with Gasteiger partial charge in [-0.1, -0.05) is 66.7 Å². The molecule has 5 aromatic rings. The van der Waals surface area contributed by atoms with Gasteiger partial charge in [-0.05, 0) is 18.2 Å². The number of fused-ring (bicyclic) bond motifs is 1. The van der Waals surface area contributed by atoms with E-state index in [1.54, 1.807) is 24.1 Å². The van der Waals surface area contributed by atoms with Crippen molar-refractivity contribution in [2.24, 2.45) is 0 Å². The number of nitrogens with zero attached hydrogens (tertiary/aromatic N) is 4. The van der Waals surface area contributed by atoms with E-state index < -0.39 is 0 Å². The number of H-pyrrole nitrogens is 1. The molecule has 168 valence electrons. The number of para-hydroxylation sites is 1. The number of carbonyl (C=O) groups excluding carboxylic acids is 1. The van der Waals surface area contributed by atoms with Gasteiger partial charge in [0.15, 0.2) is 0 Å². The van der Waals surface area contributed by atoms with E-state index >= 15 is 0 Å². The third-order valence-electron chi connectivity index (χ3n) is 5.78. The second-order valence-electron chi connectivity index (χ2n) is 8.12. The Morgan fingerprint density at radius 3 is 2.29 bits per heavy atom. The second-order valence-corrected chi connectivity index (χ2v) is 8.12. The highest BCUT2D eigenvalue weighted by Gasteiger charge is 2.18. The van der Waals surface area contributed by atoms with Crippen molar-refractivity contribution in [3.05, 3.63) is 113 Å². The molecule has 34 heavy (non-hydrogen) atoms. The molecule has 3 aromatic carbocycles. The molecule has 0 bridgehead atoms. The molecule has 0 atom stereocenters. The maximum Gasteiger partial charge on any atom is 0.272 e. The van der Waals surface area contributed by atoms with Crippen LogP contribution in [0, 0.1) is 0 Å². The van der Waals surface area contributed by atoms with Crippen molar-refractivity contribution >= 4 is 16.7 Å². The van der Waals surface area contributed by atoms with Gasteiger partial charge >= 0.3 is 0 Å². The zero-order chi connectivity index (χ0) is 23.5. The topological polar surface area (TPSA) is 83.9 Å². The zero-order valence-electron chi connectivity index (χ0n) is 18.7. The zero-order valence-corrected chi connectivity index (χ0v) is 18.7. The monoisotopic (exact) mass is 449 g/mol. The van der Waals surface area contributed by atoms with Gasteiger partial charge in [0.1, 0.15) is 0 Å². The average molecular weight is 450 g/mol. The van der Waals surface area contributed by atoms with E-state index in [1.165, 1.54) is 0 Å². The maximum absolute atomic E-state index is 13.1. The first kappa shape index (κ1) is 21.3. The minimum absolute atomic E-state index is 0.0846. The maximum atomic E-state index is 13.1. The highest BCUT2D eigenvalue weighted by molar-refractivity contribution is 5.88. The van der Waals surface area contributed by atoms with Crippen LogP contribution in [0.15, 0.2) is 95.9 Å². The SMILES string of the molecule is CN(Cc1cn(-c2ccccc2)nc1-c1ccccc1)C(=O)Cc1n[nH]c(=O)c2ccccc12. The van der Waals surface area contributed by atoms with Gasteiger partial charge in [0, 0.05) is 36.3 Å². The Hall–Kier alpha value is -4.52. The van der Waals surface area contributed by atoms with Gasteiger partial charge in [-0.3, -0.25) is 9.59 Å². The van der Waals surface area contributed by atoms with Crippen LogP contribution in [-0.2, 0) is 17.8 Å². The summed E-state index contributed by atoms with van der Waals surface area (Å²) in [5.74, 6) is -0.101. The van der Waals surface area contributed by atoms with Crippen LogP contribution in [0.1, 0.15) is 11.3 Å². The van der Waals surface area contributed by atoms with Crippen LogP contribution in [0.25, 0.3) is 27.7 Å². The number of aromatic amines is 1. The molecule has 5 rings (SSSR count). The van der Waals surface area contributed by atoms with E-state index in [1.807, 2.05) is 83.7 Å². The predicted octanol–water partition coefficient (Wildman–Crippen LogP) is 3.98. The van der Waals surface area contributed by atoms with Crippen LogP contribution in [0.2, 0.25) is 0 Å². The molecule has 2 aromatic heterocycles. The number of aromatic nitrogens is 4. The first-order valence-electron chi connectivity index (χ1n) is 11.0. The number of rotatable bonds is 6. The summed E-state index contributed by atoms with van der Waals surface area (Å²) in [6.45, 7) is 0.386. The minimum atomic E-state index is -0.263. The van der Waals surface area contributed by atoms with Crippen molar-refractivity contribution < 1.29 is 4.79 Å². The molecule has 2 heterocycles. The Kier molecular flexibility index (Phi) is 5.74. The van der Waals surface area contributed by atoms with Crippen LogP contribution in [0.5, 0.6) is 0 Å².